The molecule has 6 nitrogen and oxygen atoms in total. The van der Waals surface area contributed by atoms with Crippen LogP contribution in [0.15, 0.2) is 36.4 Å². The standard InChI is InChI=1S/C19H19F3N2O4/c1-28-16-7-6-11-4-2-3-5-12(11)13(16)8-23-18(27)24-9-14(17(25)26)15(10-24)19(20,21)22/h2-7,14-15H,8-10H2,1H3,(H,23,27)(H,25,26)/t14-,15-/m1/s1. The van der Waals surface area contributed by atoms with Crippen molar-refractivity contribution in [3.8, 4) is 5.75 Å². The van der Waals surface area contributed by atoms with Gasteiger partial charge >= 0.3 is 18.2 Å². The molecule has 0 aliphatic carbocycles. The van der Waals surface area contributed by atoms with Crippen molar-refractivity contribution in [1.29, 1.82) is 0 Å². The molecule has 9 heteroatoms. The highest BCUT2D eigenvalue weighted by Crippen LogP contribution is 2.37. The van der Waals surface area contributed by atoms with Crippen LogP contribution in [0.1, 0.15) is 5.56 Å². The third-order valence-corrected chi connectivity index (χ3v) is 4.98. The van der Waals surface area contributed by atoms with Gasteiger partial charge in [-0.3, -0.25) is 4.79 Å². The van der Waals surface area contributed by atoms with Crippen molar-refractivity contribution < 1.29 is 32.6 Å². The van der Waals surface area contributed by atoms with Crippen molar-refractivity contribution in [3.05, 3.63) is 42.0 Å². The van der Waals surface area contributed by atoms with E-state index in [-0.39, 0.29) is 6.54 Å². The lowest BCUT2D eigenvalue weighted by Gasteiger charge is -2.19. The Balaban J connectivity index is 1.76. The maximum atomic E-state index is 13.1. The number of nitrogens with one attached hydrogen (secondary N) is 1. The topological polar surface area (TPSA) is 78.9 Å². The van der Waals surface area contributed by atoms with E-state index in [4.69, 9.17) is 9.84 Å². The van der Waals surface area contributed by atoms with Gasteiger partial charge in [-0.05, 0) is 16.8 Å². The minimum Gasteiger partial charge on any atom is -0.496 e. The van der Waals surface area contributed by atoms with Crippen molar-refractivity contribution in [1.82, 2.24) is 10.2 Å². The average Bonchev–Trinajstić information content (AvgIpc) is 3.12. The molecule has 1 fully saturated rings. The normalized spacial score (nSPS) is 19.6. The number of carbonyl (C=O) groups is 2. The Morgan fingerprint density at radius 1 is 1.21 bits per heavy atom. The minimum absolute atomic E-state index is 0.0360. The van der Waals surface area contributed by atoms with Crippen LogP contribution in [0.25, 0.3) is 10.8 Å². The maximum Gasteiger partial charge on any atom is 0.394 e. The van der Waals surface area contributed by atoms with Crippen molar-refractivity contribution >= 4 is 22.8 Å². The van der Waals surface area contributed by atoms with E-state index < -0.39 is 43.1 Å². The molecule has 1 aliphatic rings. The molecule has 28 heavy (non-hydrogen) atoms. The number of rotatable bonds is 4. The first-order valence-electron chi connectivity index (χ1n) is 8.59. The smallest absolute Gasteiger partial charge is 0.394 e. The number of carboxylic acids is 1. The zero-order chi connectivity index (χ0) is 20.5. The maximum absolute atomic E-state index is 13.1. The molecule has 2 amide bonds. The summed E-state index contributed by atoms with van der Waals surface area (Å²) in [5.41, 5.74) is 0.690. The molecule has 0 bridgehead atoms. The van der Waals surface area contributed by atoms with Gasteiger partial charge in [0.2, 0.25) is 0 Å². The number of nitrogens with zero attached hydrogens (tertiary/aromatic N) is 1. The van der Waals surface area contributed by atoms with Crippen LogP contribution in [0.4, 0.5) is 18.0 Å². The number of aliphatic carboxylic acids is 1. The van der Waals surface area contributed by atoms with Gasteiger partial charge in [0.15, 0.2) is 0 Å². The van der Waals surface area contributed by atoms with Crippen LogP contribution < -0.4 is 10.1 Å². The minimum atomic E-state index is -4.68. The number of amides is 2. The highest BCUT2D eigenvalue weighted by Gasteiger charge is 2.53. The summed E-state index contributed by atoms with van der Waals surface area (Å²) in [5.74, 6) is -4.77. The molecular weight excluding hydrogens is 377 g/mol. The average molecular weight is 396 g/mol. The zero-order valence-corrected chi connectivity index (χ0v) is 15.0. The van der Waals surface area contributed by atoms with Crippen LogP contribution in [0.3, 0.4) is 0 Å². The number of carbonyl (C=O) groups excluding carboxylic acids is 1. The summed E-state index contributed by atoms with van der Waals surface area (Å²) >= 11 is 0. The van der Waals surface area contributed by atoms with Gasteiger partial charge in [-0.1, -0.05) is 30.3 Å². The third kappa shape index (κ3) is 3.83. The predicted octanol–water partition coefficient (Wildman–Crippen LogP) is 3.25. The number of hydrogen-bond acceptors (Lipinski definition) is 3. The largest absolute Gasteiger partial charge is 0.496 e. The molecule has 2 atom stereocenters. The van der Waals surface area contributed by atoms with Gasteiger partial charge in [-0.2, -0.15) is 13.2 Å². The van der Waals surface area contributed by atoms with Gasteiger partial charge < -0.3 is 20.1 Å². The molecular formula is C19H19F3N2O4. The molecule has 0 saturated carbocycles. The molecule has 0 aromatic heterocycles. The monoisotopic (exact) mass is 396 g/mol. The lowest BCUT2D eigenvalue weighted by Crippen LogP contribution is -2.39. The molecule has 0 unspecified atom stereocenters. The van der Waals surface area contributed by atoms with E-state index in [9.17, 15) is 22.8 Å². The summed E-state index contributed by atoms with van der Waals surface area (Å²) in [5, 5.41) is 13.4. The second-order valence-corrected chi connectivity index (χ2v) is 6.62. The van der Waals surface area contributed by atoms with E-state index >= 15 is 0 Å². The second kappa shape index (κ2) is 7.57. The van der Waals surface area contributed by atoms with Gasteiger partial charge in [0, 0.05) is 25.2 Å². The summed E-state index contributed by atoms with van der Waals surface area (Å²) in [6.45, 7) is -1.13. The van der Waals surface area contributed by atoms with Crippen molar-refractivity contribution in [2.75, 3.05) is 20.2 Å². The fourth-order valence-electron chi connectivity index (χ4n) is 3.52. The number of hydrogen-bond donors (Lipinski definition) is 2. The number of alkyl halides is 3. The highest BCUT2D eigenvalue weighted by atomic mass is 19.4. The first-order chi connectivity index (χ1) is 13.2. The fourth-order valence-corrected chi connectivity index (χ4v) is 3.52. The van der Waals surface area contributed by atoms with Crippen LogP contribution in [-0.4, -0.2) is 48.4 Å². The fraction of sp³-hybridized carbons (Fsp3) is 0.368. The number of likely N-dealkylation sites (tertiary alicyclic amines) is 1. The number of ether oxygens (including phenoxy) is 1. The first-order valence-corrected chi connectivity index (χ1v) is 8.59. The predicted molar refractivity (Wildman–Crippen MR) is 95.0 cm³/mol. The quantitative estimate of drug-likeness (QED) is 0.832. The number of carboxylic acid groups (broad SMARTS) is 1. The SMILES string of the molecule is COc1ccc2ccccc2c1CNC(=O)N1C[C@@H](C(F)(F)F)[C@H](C(=O)O)C1. The van der Waals surface area contributed by atoms with Gasteiger partial charge in [0.25, 0.3) is 0 Å². The van der Waals surface area contributed by atoms with Crippen molar-refractivity contribution in [3.63, 3.8) is 0 Å². The van der Waals surface area contributed by atoms with Gasteiger partial charge in [-0.25, -0.2) is 4.79 Å². The van der Waals surface area contributed by atoms with Crippen LogP contribution in [0.5, 0.6) is 5.75 Å². The number of benzene rings is 2. The van der Waals surface area contributed by atoms with Crippen LogP contribution in [0, 0.1) is 11.8 Å². The van der Waals surface area contributed by atoms with E-state index in [1.165, 1.54) is 7.11 Å². The number of urea groups is 1. The van der Waals surface area contributed by atoms with Crippen LogP contribution in [-0.2, 0) is 11.3 Å². The first kappa shape index (κ1) is 19.8. The summed E-state index contributed by atoms with van der Waals surface area (Å²) in [4.78, 5) is 24.5. The molecule has 1 aliphatic heterocycles. The molecule has 0 spiro atoms. The molecule has 0 radical (unpaired) electrons. The Labute approximate surface area is 158 Å². The molecule has 2 N–H and O–H groups in total. The Morgan fingerprint density at radius 3 is 2.54 bits per heavy atom. The molecule has 2 aromatic carbocycles. The Bertz CT molecular complexity index is 900. The Morgan fingerprint density at radius 2 is 1.93 bits per heavy atom. The van der Waals surface area contributed by atoms with E-state index in [1.54, 1.807) is 6.07 Å². The summed E-state index contributed by atoms with van der Waals surface area (Å²) in [6.07, 6.45) is -4.68. The Kier molecular flexibility index (Phi) is 5.35. The van der Waals surface area contributed by atoms with E-state index in [2.05, 4.69) is 5.32 Å². The highest BCUT2D eigenvalue weighted by molar-refractivity contribution is 5.88. The lowest BCUT2D eigenvalue weighted by molar-refractivity contribution is -0.187. The van der Waals surface area contributed by atoms with Gasteiger partial charge in [0.1, 0.15) is 5.75 Å². The molecule has 3 rings (SSSR count). The lowest BCUT2D eigenvalue weighted by atomic mass is 9.96. The summed E-state index contributed by atoms with van der Waals surface area (Å²) in [6, 6.07) is 10.3. The van der Waals surface area contributed by atoms with Crippen LogP contribution >= 0.6 is 0 Å². The summed E-state index contributed by atoms with van der Waals surface area (Å²) in [7, 11) is 1.49. The molecule has 1 saturated heterocycles. The molecule has 150 valence electrons. The van der Waals surface area contributed by atoms with Crippen LogP contribution in [0.2, 0.25) is 0 Å². The Hall–Kier alpha value is -2.97. The van der Waals surface area contributed by atoms with Crippen molar-refractivity contribution in [2.45, 2.75) is 12.7 Å². The zero-order valence-electron chi connectivity index (χ0n) is 15.0. The molecule has 2 aromatic rings. The summed E-state index contributed by atoms with van der Waals surface area (Å²) < 4.78 is 44.6. The number of halogens is 3. The van der Waals surface area contributed by atoms with E-state index in [0.717, 1.165) is 15.7 Å². The third-order valence-electron chi connectivity index (χ3n) is 4.98. The van der Waals surface area contributed by atoms with Gasteiger partial charge in [0.05, 0.1) is 18.9 Å². The van der Waals surface area contributed by atoms with E-state index in [0.29, 0.717) is 11.3 Å². The number of fused-ring (bicyclic) bond motifs is 1. The second-order valence-electron chi connectivity index (χ2n) is 6.62. The van der Waals surface area contributed by atoms with Gasteiger partial charge in [-0.15, -0.1) is 0 Å². The van der Waals surface area contributed by atoms with E-state index in [1.807, 2.05) is 30.3 Å². The number of methoxy groups -OCH3 is 1. The van der Waals surface area contributed by atoms with Crippen molar-refractivity contribution in [2.24, 2.45) is 11.8 Å². The molecule has 1 heterocycles.